The maximum Gasteiger partial charge on any atom is 0.0349 e. The molecule has 3 unspecified atom stereocenters. The lowest BCUT2D eigenvalue weighted by Gasteiger charge is -2.37. The van der Waals surface area contributed by atoms with Crippen LogP contribution in [-0.4, -0.2) is 7.05 Å². The fourth-order valence-electron chi connectivity index (χ4n) is 2.98. The van der Waals surface area contributed by atoms with Crippen LogP contribution in [-0.2, 0) is 6.42 Å². The van der Waals surface area contributed by atoms with Gasteiger partial charge in [0.05, 0.1) is 0 Å². The highest BCUT2D eigenvalue weighted by molar-refractivity contribution is 5.33. The molecule has 0 fully saturated rings. The fraction of sp³-hybridized carbons (Fsp3) is 0.571. The first-order valence-corrected chi connectivity index (χ1v) is 6.03. The van der Waals surface area contributed by atoms with Crippen molar-refractivity contribution in [2.24, 2.45) is 11.8 Å². The largest absolute Gasteiger partial charge is 0.313 e. The number of hydrogen-bond acceptors (Lipinski definition) is 1. The molecule has 0 saturated heterocycles. The van der Waals surface area contributed by atoms with Crippen LogP contribution in [0.5, 0.6) is 0 Å². The zero-order chi connectivity index (χ0) is 10.8. The highest BCUT2D eigenvalue weighted by Crippen LogP contribution is 2.38. The predicted octanol–water partition coefficient (Wildman–Crippen LogP) is 3.17. The topological polar surface area (TPSA) is 12.0 Å². The molecule has 1 aliphatic rings. The molecule has 2 rings (SSSR count). The van der Waals surface area contributed by atoms with Gasteiger partial charge >= 0.3 is 0 Å². The van der Waals surface area contributed by atoms with Crippen molar-refractivity contribution in [1.29, 1.82) is 0 Å². The van der Waals surface area contributed by atoms with E-state index in [0.717, 1.165) is 11.8 Å². The number of benzene rings is 1. The Hall–Kier alpha value is -0.820. The van der Waals surface area contributed by atoms with Crippen molar-refractivity contribution in [3.63, 3.8) is 0 Å². The van der Waals surface area contributed by atoms with Crippen LogP contribution >= 0.6 is 0 Å². The second-order valence-corrected chi connectivity index (χ2v) is 4.70. The van der Waals surface area contributed by atoms with Crippen molar-refractivity contribution < 1.29 is 0 Å². The van der Waals surface area contributed by atoms with Crippen LogP contribution in [0.1, 0.15) is 37.4 Å². The lowest BCUT2D eigenvalue weighted by atomic mass is 9.72. The van der Waals surface area contributed by atoms with Gasteiger partial charge in [-0.1, -0.05) is 44.5 Å². The van der Waals surface area contributed by atoms with E-state index < -0.39 is 0 Å². The van der Waals surface area contributed by atoms with Crippen LogP contribution in [0.25, 0.3) is 0 Å². The first-order chi connectivity index (χ1) is 7.27. The summed E-state index contributed by atoms with van der Waals surface area (Å²) in [7, 11) is 2.08. The molecule has 1 aromatic rings. The van der Waals surface area contributed by atoms with Crippen molar-refractivity contribution in [3.8, 4) is 0 Å². The Morgan fingerprint density at radius 2 is 2.07 bits per heavy atom. The molecule has 0 heterocycles. The van der Waals surface area contributed by atoms with Crippen LogP contribution in [0.3, 0.4) is 0 Å². The molecule has 1 heteroatoms. The van der Waals surface area contributed by atoms with Gasteiger partial charge in [-0.05, 0) is 36.4 Å². The van der Waals surface area contributed by atoms with E-state index in [4.69, 9.17) is 0 Å². The molecule has 0 spiro atoms. The average molecular weight is 203 g/mol. The maximum absolute atomic E-state index is 3.47. The minimum Gasteiger partial charge on any atom is -0.313 e. The number of fused-ring (bicyclic) bond motifs is 1. The third-order valence-corrected chi connectivity index (χ3v) is 3.98. The Morgan fingerprint density at radius 3 is 2.73 bits per heavy atom. The predicted molar refractivity (Wildman–Crippen MR) is 64.9 cm³/mol. The van der Waals surface area contributed by atoms with Gasteiger partial charge < -0.3 is 5.32 Å². The maximum atomic E-state index is 3.47. The van der Waals surface area contributed by atoms with Gasteiger partial charge in [-0.15, -0.1) is 0 Å². The van der Waals surface area contributed by atoms with Crippen LogP contribution in [0, 0.1) is 11.8 Å². The summed E-state index contributed by atoms with van der Waals surface area (Å²) < 4.78 is 0. The summed E-state index contributed by atoms with van der Waals surface area (Å²) in [4.78, 5) is 0. The zero-order valence-corrected chi connectivity index (χ0v) is 9.96. The van der Waals surface area contributed by atoms with Gasteiger partial charge in [-0.2, -0.15) is 0 Å². The van der Waals surface area contributed by atoms with Crippen molar-refractivity contribution in [2.45, 2.75) is 32.7 Å². The first-order valence-electron chi connectivity index (χ1n) is 6.03. The number of nitrogens with one attached hydrogen (secondary N) is 1. The van der Waals surface area contributed by atoms with Crippen LogP contribution in [0.2, 0.25) is 0 Å². The Labute approximate surface area is 92.9 Å². The summed E-state index contributed by atoms with van der Waals surface area (Å²) in [5.74, 6) is 1.58. The molecule has 1 N–H and O–H groups in total. The van der Waals surface area contributed by atoms with E-state index >= 15 is 0 Å². The highest BCUT2D eigenvalue weighted by atomic mass is 14.9. The molecule has 0 bridgehead atoms. The average Bonchev–Trinajstić information content (AvgIpc) is 2.28. The summed E-state index contributed by atoms with van der Waals surface area (Å²) in [6.45, 7) is 4.69. The summed E-state index contributed by atoms with van der Waals surface area (Å²) in [5, 5.41) is 3.47. The minimum absolute atomic E-state index is 0.542. The van der Waals surface area contributed by atoms with E-state index in [2.05, 4.69) is 50.5 Å². The van der Waals surface area contributed by atoms with Crippen molar-refractivity contribution in [3.05, 3.63) is 35.4 Å². The zero-order valence-electron chi connectivity index (χ0n) is 9.96. The Bertz CT molecular complexity index is 332. The number of rotatable bonds is 2. The normalized spacial score (nSPS) is 29.9. The third-order valence-electron chi connectivity index (χ3n) is 3.98. The Kier molecular flexibility index (Phi) is 3.11. The molecule has 1 nitrogen and oxygen atoms in total. The second kappa shape index (κ2) is 4.36. The van der Waals surface area contributed by atoms with Gasteiger partial charge in [0, 0.05) is 6.04 Å². The van der Waals surface area contributed by atoms with Crippen molar-refractivity contribution >= 4 is 0 Å². The fourth-order valence-corrected chi connectivity index (χ4v) is 2.98. The molecular formula is C14H21N. The molecule has 0 aromatic heterocycles. The van der Waals surface area contributed by atoms with E-state index in [1.165, 1.54) is 18.4 Å². The Morgan fingerprint density at radius 1 is 1.33 bits per heavy atom. The minimum atomic E-state index is 0.542. The van der Waals surface area contributed by atoms with Crippen LogP contribution in [0.4, 0.5) is 0 Å². The molecule has 0 radical (unpaired) electrons. The summed E-state index contributed by atoms with van der Waals surface area (Å²) >= 11 is 0. The molecular weight excluding hydrogens is 182 g/mol. The van der Waals surface area contributed by atoms with Crippen LogP contribution in [0.15, 0.2) is 24.3 Å². The lowest BCUT2D eigenvalue weighted by Crippen LogP contribution is -2.34. The molecule has 82 valence electrons. The standard InChI is InChI=1S/C14H21N/c1-4-11-9-12-7-5-6-8-13(12)14(15-3)10(11)2/h5-8,10-11,14-15H,4,9H2,1-3H3. The SMILES string of the molecule is CCC1Cc2ccccc2C(NC)C1C. The molecule has 15 heavy (non-hydrogen) atoms. The molecule has 1 aliphatic carbocycles. The van der Waals surface area contributed by atoms with Gasteiger partial charge in [0.25, 0.3) is 0 Å². The van der Waals surface area contributed by atoms with Crippen LogP contribution < -0.4 is 5.32 Å². The highest BCUT2D eigenvalue weighted by Gasteiger charge is 2.31. The van der Waals surface area contributed by atoms with Gasteiger partial charge in [-0.3, -0.25) is 0 Å². The van der Waals surface area contributed by atoms with Gasteiger partial charge in [0.2, 0.25) is 0 Å². The first kappa shape index (κ1) is 10.7. The Balaban J connectivity index is 2.38. The summed E-state index contributed by atoms with van der Waals surface area (Å²) in [6, 6.07) is 9.42. The summed E-state index contributed by atoms with van der Waals surface area (Å²) in [5.41, 5.74) is 3.05. The number of hydrogen-bond donors (Lipinski definition) is 1. The van der Waals surface area contributed by atoms with Crippen molar-refractivity contribution in [1.82, 2.24) is 5.32 Å². The van der Waals surface area contributed by atoms with Crippen molar-refractivity contribution in [2.75, 3.05) is 7.05 Å². The smallest absolute Gasteiger partial charge is 0.0349 e. The molecule has 1 aromatic carbocycles. The van der Waals surface area contributed by atoms with E-state index in [1.807, 2.05) is 0 Å². The second-order valence-electron chi connectivity index (χ2n) is 4.70. The van der Waals surface area contributed by atoms with Gasteiger partial charge in [-0.25, -0.2) is 0 Å². The third kappa shape index (κ3) is 1.81. The molecule has 0 saturated carbocycles. The monoisotopic (exact) mass is 203 g/mol. The van der Waals surface area contributed by atoms with E-state index in [-0.39, 0.29) is 0 Å². The molecule has 0 aliphatic heterocycles. The van der Waals surface area contributed by atoms with Gasteiger partial charge in [0.15, 0.2) is 0 Å². The summed E-state index contributed by atoms with van der Waals surface area (Å²) in [6.07, 6.45) is 2.54. The molecule has 0 amide bonds. The van der Waals surface area contributed by atoms with E-state index in [1.54, 1.807) is 5.56 Å². The van der Waals surface area contributed by atoms with E-state index in [9.17, 15) is 0 Å². The van der Waals surface area contributed by atoms with E-state index in [0.29, 0.717) is 6.04 Å². The van der Waals surface area contributed by atoms with Gasteiger partial charge in [0.1, 0.15) is 0 Å². The molecule has 3 atom stereocenters. The quantitative estimate of drug-likeness (QED) is 0.778. The lowest BCUT2D eigenvalue weighted by molar-refractivity contribution is 0.250.